The standard InChI is InChI=1S/C29H31IN4O3/c1-17-15-34(16-21(13-30)32-17)29(37)24-14-31-26(18(24)2)12-23-27-22(7-4-8-25(27)33-28(23)36)20-6-3-5-19(11-20)9-10-35/h3-8,11-12,14,17,21,31-32,35H,9-10,13,15-16H2,1-2H3,(H,33,36)/b23-12-/t17-,21+/m0/s1. The number of aromatic amines is 1. The number of nitrogens with one attached hydrogen (secondary N) is 3. The molecule has 37 heavy (non-hydrogen) atoms. The first-order valence-electron chi connectivity index (χ1n) is 12.6. The third-order valence-electron chi connectivity index (χ3n) is 7.09. The lowest BCUT2D eigenvalue weighted by atomic mass is 9.93. The van der Waals surface area contributed by atoms with Crippen LogP contribution in [0.25, 0.3) is 22.8 Å². The number of aliphatic hydroxyl groups is 1. The summed E-state index contributed by atoms with van der Waals surface area (Å²) in [6, 6.07) is 14.4. The largest absolute Gasteiger partial charge is 0.396 e. The Balaban J connectivity index is 1.50. The zero-order valence-electron chi connectivity index (χ0n) is 21.0. The monoisotopic (exact) mass is 610 g/mol. The first-order chi connectivity index (χ1) is 17.9. The van der Waals surface area contributed by atoms with Crippen LogP contribution in [0.3, 0.4) is 0 Å². The number of anilines is 1. The second-order valence-electron chi connectivity index (χ2n) is 9.78. The van der Waals surface area contributed by atoms with Crippen molar-refractivity contribution >= 4 is 51.7 Å². The predicted octanol–water partition coefficient (Wildman–Crippen LogP) is 4.26. The number of aromatic nitrogens is 1. The molecule has 2 amide bonds. The van der Waals surface area contributed by atoms with Gasteiger partial charge in [0.05, 0.1) is 11.1 Å². The number of aliphatic hydroxyl groups excluding tert-OH is 1. The molecule has 2 atom stereocenters. The smallest absolute Gasteiger partial charge is 0.256 e. The van der Waals surface area contributed by atoms with E-state index >= 15 is 0 Å². The molecule has 2 aromatic carbocycles. The Morgan fingerprint density at radius 1 is 1.22 bits per heavy atom. The number of fused-ring (bicyclic) bond motifs is 1. The van der Waals surface area contributed by atoms with Crippen molar-refractivity contribution in [1.82, 2.24) is 15.2 Å². The highest BCUT2D eigenvalue weighted by Crippen LogP contribution is 2.41. The molecule has 5 rings (SSSR count). The lowest BCUT2D eigenvalue weighted by Crippen LogP contribution is -2.57. The Kier molecular flexibility index (Phi) is 7.50. The van der Waals surface area contributed by atoms with Gasteiger partial charge in [0, 0.05) is 59.3 Å². The molecule has 2 aliphatic rings. The first-order valence-corrected chi connectivity index (χ1v) is 14.1. The van der Waals surface area contributed by atoms with Crippen LogP contribution in [0.2, 0.25) is 0 Å². The number of nitrogens with zero attached hydrogens (tertiary/aromatic N) is 1. The summed E-state index contributed by atoms with van der Waals surface area (Å²) in [6.45, 7) is 5.46. The average Bonchev–Trinajstić information content (AvgIpc) is 3.42. The van der Waals surface area contributed by atoms with Gasteiger partial charge in [-0.15, -0.1) is 0 Å². The van der Waals surface area contributed by atoms with E-state index in [2.05, 4.69) is 51.2 Å². The van der Waals surface area contributed by atoms with Crippen molar-refractivity contribution in [3.63, 3.8) is 0 Å². The Bertz CT molecular complexity index is 1380. The lowest BCUT2D eigenvalue weighted by Gasteiger charge is -2.37. The number of carbonyl (C=O) groups excluding carboxylic acids is 2. The average molecular weight is 610 g/mol. The van der Waals surface area contributed by atoms with Gasteiger partial charge in [-0.05, 0) is 54.7 Å². The minimum atomic E-state index is -0.170. The van der Waals surface area contributed by atoms with Crippen molar-refractivity contribution in [3.05, 3.63) is 76.6 Å². The molecule has 0 bridgehead atoms. The van der Waals surface area contributed by atoms with Crippen LogP contribution in [-0.4, -0.2) is 63.0 Å². The van der Waals surface area contributed by atoms with E-state index < -0.39 is 0 Å². The summed E-state index contributed by atoms with van der Waals surface area (Å²) < 4.78 is 0.940. The van der Waals surface area contributed by atoms with E-state index in [0.717, 1.165) is 43.6 Å². The molecular weight excluding hydrogens is 579 g/mol. The van der Waals surface area contributed by atoms with Crippen LogP contribution in [0, 0.1) is 6.92 Å². The van der Waals surface area contributed by atoms with Crippen LogP contribution >= 0.6 is 22.6 Å². The summed E-state index contributed by atoms with van der Waals surface area (Å²) in [5.74, 6) is -0.157. The molecule has 1 fully saturated rings. The number of H-pyrrole nitrogens is 1. The molecule has 1 aromatic heterocycles. The number of amides is 2. The number of rotatable bonds is 6. The Hall–Kier alpha value is -2.95. The summed E-state index contributed by atoms with van der Waals surface area (Å²) in [4.78, 5) is 31.7. The van der Waals surface area contributed by atoms with Gasteiger partial charge in [0.25, 0.3) is 11.8 Å². The maximum absolute atomic E-state index is 13.4. The van der Waals surface area contributed by atoms with E-state index in [1.165, 1.54) is 0 Å². The molecule has 3 heterocycles. The van der Waals surface area contributed by atoms with Crippen LogP contribution in [0.1, 0.15) is 39.7 Å². The quantitative estimate of drug-likeness (QED) is 0.191. The molecule has 1 saturated heterocycles. The highest BCUT2D eigenvalue weighted by Gasteiger charge is 2.30. The summed E-state index contributed by atoms with van der Waals surface area (Å²) in [6.07, 6.45) is 4.18. The van der Waals surface area contributed by atoms with Gasteiger partial charge < -0.3 is 25.6 Å². The van der Waals surface area contributed by atoms with Crippen molar-refractivity contribution in [3.8, 4) is 11.1 Å². The second-order valence-corrected chi connectivity index (χ2v) is 10.7. The van der Waals surface area contributed by atoms with E-state index in [1.807, 2.05) is 54.3 Å². The van der Waals surface area contributed by atoms with Crippen LogP contribution in [0.15, 0.2) is 48.7 Å². The number of alkyl halides is 1. The molecule has 192 valence electrons. The van der Waals surface area contributed by atoms with Crippen LogP contribution in [-0.2, 0) is 11.2 Å². The zero-order valence-corrected chi connectivity index (χ0v) is 23.1. The molecule has 0 spiro atoms. The molecule has 3 aromatic rings. The molecule has 0 unspecified atom stereocenters. The molecule has 8 heteroatoms. The van der Waals surface area contributed by atoms with E-state index in [4.69, 9.17) is 0 Å². The van der Waals surface area contributed by atoms with Crippen molar-refractivity contribution in [2.45, 2.75) is 32.4 Å². The summed E-state index contributed by atoms with van der Waals surface area (Å²) in [5, 5.41) is 15.9. The predicted molar refractivity (Wildman–Crippen MR) is 156 cm³/mol. The number of hydrogen-bond acceptors (Lipinski definition) is 4. The van der Waals surface area contributed by atoms with Gasteiger partial charge in [0.1, 0.15) is 0 Å². The maximum atomic E-state index is 13.4. The van der Waals surface area contributed by atoms with Gasteiger partial charge in [0.15, 0.2) is 0 Å². The second kappa shape index (κ2) is 10.8. The number of benzene rings is 2. The highest BCUT2D eigenvalue weighted by atomic mass is 127. The van der Waals surface area contributed by atoms with Gasteiger partial charge in [0.2, 0.25) is 0 Å². The van der Waals surface area contributed by atoms with Crippen molar-refractivity contribution in [1.29, 1.82) is 0 Å². The van der Waals surface area contributed by atoms with Crippen molar-refractivity contribution in [2.75, 3.05) is 29.4 Å². The minimum Gasteiger partial charge on any atom is -0.396 e. The number of hydrogen-bond donors (Lipinski definition) is 4. The van der Waals surface area contributed by atoms with Crippen LogP contribution in [0.5, 0.6) is 0 Å². The fourth-order valence-corrected chi connectivity index (χ4v) is 5.82. The molecular formula is C29H31IN4O3. The number of piperazine rings is 1. The van der Waals surface area contributed by atoms with Gasteiger partial charge >= 0.3 is 0 Å². The van der Waals surface area contributed by atoms with E-state index in [9.17, 15) is 14.7 Å². The van der Waals surface area contributed by atoms with Crippen LogP contribution in [0.4, 0.5) is 5.69 Å². The molecule has 4 N–H and O–H groups in total. The minimum absolute atomic E-state index is 0.0132. The van der Waals surface area contributed by atoms with Crippen LogP contribution < -0.4 is 10.6 Å². The third kappa shape index (κ3) is 5.10. The first kappa shape index (κ1) is 25.7. The van der Waals surface area contributed by atoms with E-state index in [-0.39, 0.29) is 30.5 Å². The zero-order chi connectivity index (χ0) is 26.1. The van der Waals surface area contributed by atoms with E-state index in [0.29, 0.717) is 30.6 Å². The fraction of sp³-hybridized carbons (Fsp3) is 0.310. The summed E-state index contributed by atoms with van der Waals surface area (Å²) in [7, 11) is 0. The summed E-state index contributed by atoms with van der Waals surface area (Å²) in [5.41, 5.74) is 7.36. The van der Waals surface area contributed by atoms with Crippen molar-refractivity contribution < 1.29 is 14.7 Å². The topological polar surface area (TPSA) is 97.5 Å². The molecule has 2 aliphatic heterocycles. The third-order valence-corrected chi connectivity index (χ3v) is 8.16. The lowest BCUT2D eigenvalue weighted by molar-refractivity contribution is -0.110. The van der Waals surface area contributed by atoms with Gasteiger partial charge in [-0.3, -0.25) is 9.59 Å². The number of carbonyl (C=O) groups is 2. The summed E-state index contributed by atoms with van der Waals surface area (Å²) >= 11 is 2.35. The Labute approximate surface area is 230 Å². The highest BCUT2D eigenvalue weighted by molar-refractivity contribution is 14.1. The fourth-order valence-electron chi connectivity index (χ4n) is 5.29. The van der Waals surface area contributed by atoms with E-state index in [1.54, 1.807) is 6.20 Å². The van der Waals surface area contributed by atoms with Gasteiger partial charge in [-0.25, -0.2) is 0 Å². The van der Waals surface area contributed by atoms with Crippen molar-refractivity contribution in [2.24, 2.45) is 0 Å². The SMILES string of the molecule is Cc1c(C(=O)N2C[C@@H](CI)N[C@@H](C)C2)c[nH]c1/C=C1\C(=O)Nc2cccc(-c3cccc(CCO)c3)c21. The number of halogens is 1. The molecule has 0 aliphatic carbocycles. The normalized spacial score (nSPS) is 20.3. The molecule has 7 nitrogen and oxygen atoms in total. The molecule has 0 saturated carbocycles. The van der Waals surface area contributed by atoms with Gasteiger partial charge in [-0.2, -0.15) is 0 Å². The Morgan fingerprint density at radius 3 is 2.81 bits per heavy atom. The Morgan fingerprint density at radius 2 is 2.03 bits per heavy atom. The maximum Gasteiger partial charge on any atom is 0.256 e. The van der Waals surface area contributed by atoms with Gasteiger partial charge in [-0.1, -0.05) is 59.0 Å². The molecule has 0 radical (unpaired) electrons.